The van der Waals surface area contributed by atoms with Crippen LogP contribution in [0.25, 0.3) is 0 Å². The summed E-state index contributed by atoms with van der Waals surface area (Å²) in [4.78, 5) is 11.9. The van der Waals surface area contributed by atoms with E-state index < -0.39 is 12.1 Å². The molecule has 0 amide bonds. The summed E-state index contributed by atoms with van der Waals surface area (Å²) in [5, 5.41) is 20.2. The molecule has 4 nitrogen and oxygen atoms in total. The Morgan fingerprint density at radius 1 is 1.59 bits per heavy atom. The first-order chi connectivity index (χ1) is 7.99. The first-order valence-corrected chi connectivity index (χ1v) is 7.10. The summed E-state index contributed by atoms with van der Waals surface area (Å²) in [6.45, 7) is 4.14. The number of carbonyl (C=O) groups is 1. The lowest BCUT2D eigenvalue weighted by atomic mass is 10.4. The Kier molecular flexibility index (Phi) is 5.97. The predicted molar refractivity (Wildman–Crippen MR) is 69.1 cm³/mol. The molecule has 1 aromatic heterocycles. The molecule has 0 bridgehead atoms. The van der Waals surface area contributed by atoms with Crippen molar-refractivity contribution >= 4 is 29.1 Å². The third kappa shape index (κ3) is 5.54. The van der Waals surface area contributed by atoms with Crippen molar-refractivity contribution in [3.63, 3.8) is 0 Å². The Balaban J connectivity index is 2.31. The van der Waals surface area contributed by atoms with Crippen molar-refractivity contribution in [3.8, 4) is 0 Å². The fraction of sp³-hybridized carbons (Fsp3) is 0.545. The van der Waals surface area contributed by atoms with E-state index >= 15 is 0 Å². The zero-order valence-corrected chi connectivity index (χ0v) is 11.4. The quantitative estimate of drug-likeness (QED) is 0.748. The molecule has 0 spiro atoms. The molecular formula is C11H16O4S2. The Hall–Kier alpha value is -0.560. The standard InChI is InChI=1S/C11H16O4S2/c1-7(2)15-4-8(12)5-16-9-3-10(11(13)14)17-6-9/h3,6-8,12H,4-5H2,1-2H3,(H,13,14). The van der Waals surface area contributed by atoms with Crippen LogP contribution in [0.3, 0.4) is 0 Å². The Bertz CT molecular complexity index is 362. The second-order valence-electron chi connectivity index (χ2n) is 3.80. The minimum Gasteiger partial charge on any atom is -0.477 e. The number of aromatic carboxylic acids is 1. The molecule has 0 saturated heterocycles. The summed E-state index contributed by atoms with van der Waals surface area (Å²) in [7, 11) is 0. The molecule has 2 N–H and O–H groups in total. The molecule has 1 aromatic rings. The zero-order valence-electron chi connectivity index (χ0n) is 9.75. The van der Waals surface area contributed by atoms with Crippen LogP contribution in [-0.4, -0.2) is 40.8 Å². The van der Waals surface area contributed by atoms with Crippen LogP contribution in [0.1, 0.15) is 23.5 Å². The first kappa shape index (κ1) is 14.5. The molecule has 0 aromatic carbocycles. The molecule has 0 aliphatic carbocycles. The van der Waals surface area contributed by atoms with Gasteiger partial charge in [0.15, 0.2) is 0 Å². The molecule has 1 heterocycles. The van der Waals surface area contributed by atoms with Crippen molar-refractivity contribution in [2.45, 2.75) is 31.0 Å². The topological polar surface area (TPSA) is 66.8 Å². The number of ether oxygens (including phenoxy) is 1. The second-order valence-corrected chi connectivity index (χ2v) is 5.80. The zero-order chi connectivity index (χ0) is 12.8. The van der Waals surface area contributed by atoms with E-state index in [-0.39, 0.29) is 6.10 Å². The van der Waals surface area contributed by atoms with Crippen LogP contribution < -0.4 is 0 Å². The van der Waals surface area contributed by atoms with Crippen LogP contribution >= 0.6 is 23.1 Å². The molecule has 0 fully saturated rings. The Morgan fingerprint density at radius 2 is 2.29 bits per heavy atom. The number of aliphatic hydroxyl groups excluding tert-OH is 1. The minimum absolute atomic E-state index is 0.106. The number of aliphatic hydroxyl groups is 1. The van der Waals surface area contributed by atoms with E-state index in [0.717, 1.165) is 4.90 Å². The van der Waals surface area contributed by atoms with Gasteiger partial charge in [0.1, 0.15) is 4.88 Å². The van der Waals surface area contributed by atoms with Crippen molar-refractivity contribution in [3.05, 3.63) is 16.3 Å². The molecule has 0 radical (unpaired) electrons. The van der Waals surface area contributed by atoms with Gasteiger partial charge in [-0.25, -0.2) is 4.79 Å². The largest absolute Gasteiger partial charge is 0.477 e. The third-order valence-electron chi connectivity index (χ3n) is 1.85. The molecule has 1 atom stereocenters. The second kappa shape index (κ2) is 7.00. The van der Waals surface area contributed by atoms with Crippen molar-refractivity contribution in [2.24, 2.45) is 0 Å². The SMILES string of the molecule is CC(C)OCC(O)CSc1csc(C(=O)O)c1. The number of carboxylic acid groups (broad SMARTS) is 1. The molecule has 0 aliphatic heterocycles. The predicted octanol–water partition coefficient (Wildman–Crippen LogP) is 2.32. The van der Waals surface area contributed by atoms with Gasteiger partial charge in [-0.2, -0.15) is 0 Å². The van der Waals surface area contributed by atoms with E-state index in [1.54, 1.807) is 11.4 Å². The van der Waals surface area contributed by atoms with Gasteiger partial charge >= 0.3 is 5.97 Å². The van der Waals surface area contributed by atoms with Gasteiger partial charge in [0, 0.05) is 16.0 Å². The molecule has 1 unspecified atom stereocenters. The van der Waals surface area contributed by atoms with E-state index in [1.807, 2.05) is 13.8 Å². The van der Waals surface area contributed by atoms with E-state index in [4.69, 9.17) is 9.84 Å². The number of carboxylic acids is 1. The molecule has 0 aliphatic rings. The Labute approximate surface area is 109 Å². The number of rotatable bonds is 7. The van der Waals surface area contributed by atoms with Gasteiger partial charge < -0.3 is 14.9 Å². The summed E-state index contributed by atoms with van der Waals surface area (Å²) in [6, 6.07) is 1.62. The summed E-state index contributed by atoms with van der Waals surface area (Å²) >= 11 is 2.63. The van der Waals surface area contributed by atoms with Crippen LogP contribution in [0.4, 0.5) is 0 Å². The van der Waals surface area contributed by atoms with Crippen LogP contribution in [0, 0.1) is 0 Å². The van der Waals surface area contributed by atoms with Crippen molar-refractivity contribution < 1.29 is 19.7 Å². The molecule has 6 heteroatoms. The Morgan fingerprint density at radius 3 is 2.82 bits per heavy atom. The van der Waals surface area contributed by atoms with Crippen molar-refractivity contribution in [1.82, 2.24) is 0 Å². The lowest BCUT2D eigenvalue weighted by molar-refractivity contribution is 0.0152. The summed E-state index contributed by atoms with van der Waals surface area (Å²) in [5.74, 6) is -0.409. The molecule has 17 heavy (non-hydrogen) atoms. The highest BCUT2D eigenvalue weighted by molar-refractivity contribution is 7.99. The highest BCUT2D eigenvalue weighted by Gasteiger charge is 2.10. The fourth-order valence-corrected chi connectivity index (χ4v) is 2.83. The van der Waals surface area contributed by atoms with E-state index in [2.05, 4.69) is 0 Å². The third-order valence-corrected chi connectivity index (χ3v) is 4.04. The number of thiophene rings is 1. The molecule has 1 rings (SSSR count). The maximum atomic E-state index is 10.7. The highest BCUT2D eigenvalue weighted by Crippen LogP contribution is 2.25. The van der Waals surface area contributed by atoms with Gasteiger partial charge in [0.05, 0.1) is 18.8 Å². The number of hydrogen-bond donors (Lipinski definition) is 2. The van der Waals surface area contributed by atoms with Crippen molar-refractivity contribution in [1.29, 1.82) is 0 Å². The fourth-order valence-electron chi connectivity index (χ4n) is 1.05. The summed E-state index contributed by atoms with van der Waals surface area (Å²) in [6.07, 6.45) is -0.426. The molecule has 0 saturated carbocycles. The van der Waals surface area contributed by atoms with Gasteiger partial charge in [-0.15, -0.1) is 23.1 Å². The maximum absolute atomic E-state index is 10.7. The maximum Gasteiger partial charge on any atom is 0.345 e. The van der Waals surface area contributed by atoms with E-state index in [1.165, 1.54) is 23.1 Å². The first-order valence-electron chi connectivity index (χ1n) is 5.23. The average molecular weight is 276 g/mol. The van der Waals surface area contributed by atoms with Crippen molar-refractivity contribution in [2.75, 3.05) is 12.4 Å². The van der Waals surface area contributed by atoms with Crippen LogP contribution in [-0.2, 0) is 4.74 Å². The van der Waals surface area contributed by atoms with Crippen LogP contribution in [0.2, 0.25) is 0 Å². The smallest absolute Gasteiger partial charge is 0.345 e. The monoisotopic (exact) mass is 276 g/mol. The average Bonchev–Trinajstić information content (AvgIpc) is 2.72. The van der Waals surface area contributed by atoms with Crippen LogP contribution in [0.15, 0.2) is 16.3 Å². The lowest BCUT2D eigenvalue weighted by Gasteiger charge is -2.12. The van der Waals surface area contributed by atoms with Gasteiger partial charge in [0.2, 0.25) is 0 Å². The van der Waals surface area contributed by atoms with E-state index in [9.17, 15) is 9.90 Å². The highest BCUT2D eigenvalue weighted by atomic mass is 32.2. The normalized spacial score (nSPS) is 12.9. The van der Waals surface area contributed by atoms with Gasteiger partial charge in [0.25, 0.3) is 0 Å². The van der Waals surface area contributed by atoms with E-state index in [0.29, 0.717) is 17.2 Å². The van der Waals surface area contributed by atoms with Gasteiger partial charge in [-0.05, 0) is 19.9 Å². The van der Waals surface area contributed by atoms with Gasteiger partial charge in [-0.3, -0.25) is 0 Å². The summed E-state index contributed by atoms with van der Waals surface area (Å²) in [5.41, 5.74) is 0. The number of hydrogen-bond acceptors (Lipinski definition) is 5. The summed E-state index contributed by atoms with van der Waals surface area (Å²) < 4.78 is 5.28. The van der Waals surface area contributed by atoms with Crippen LogP contribution in [0.5, 0.6) is 0 Å². The van der Waals surface area contributed by atoms with Gasteiger partial charge in [-0.1, -0.05) is 0 Å². The minimum atomic E-state index is -0.912. The number of thioether (sulfide) groups is 1. The molecular weight excluding hydrogens is 260 g/mol. The lowest BCUT2D eigenvalue weighted by Crippen LogP contribution is -2.20. The molecule has 96 valence electrons.